The number of unbranched alkanes of at least 4 members (excludes halogenated alkanes) is 2. The molecule has 0 bridgehead atoms. The summed E-state index contributed by atoms with van der Waals surface area (Å²) in [6.45, 7) is 9.13. The predicted molar refractivity (Wildman–Crippen MR) is 205 cm³/mol. The number of sulfonamides is 1. The molecule has 0 saturated carbocycles. The molecule has 3 aromatic carbocycles. The minimum absolute atomic E-state index is 0.0266. The van der Waals surface area contributed by atoms with Gasteiger partial charge in [-0.15, -0.1) is 11.8 Å². The number of para-hydroxylation sites is 1. The van der Waals surface area contributed by atoms with Crippen LogP contribution in [0.25, 0.3) is 0 Å². The summed E-state index contributed by atoms with van der Waals surface area (Å²) < 4.78 is 70.3. The van der Waals surface area contributed by atoms with E-state index in [9.17, 15) is 26.4 Å². The highest BCUT2D eigenvalue weighted by Gasteiger charge is 2.42. The zero-order valence-corrected chi connectivity index (χ0v) is 32.6. The molecule has 2 amide bonds. The molecule has 52 heavy (non-hydrogen) atoms. The van der Waals surface area contributed by atoms with Gasteiger partial charge in [-0.25, -0.2) is 17.9 Å². The molecule has 0 spiro atoms. The number of hydrogen-bond donors (Lipinski definition) is 3. The highest BCUT2D eigenvalue weighted by Crippen LogP contribution is 2.44. The van der Waals surface area contributed by atoms with Crippen LogP contribution < -0.4 is 19.7 Å². The van der Waals surface area contributed by atoms with E-state index >= 15 is 0 Å². The number of fused-ring (bicyclic) bond motifs is 1. The van der Waals surface area contributed by atoms with Crippen molar-refractivity contribution in [2.24, 2.45) is 0 Å². The monoisotopic (exact) mass is 773 g/mol. The number of thioether (sulfide) groups is 1. The number of amides is 2. The highest BCUT2D eigenvalue weighted by atomic mass is 32.2. The summed E-state index contributed by atoms with van der Waals surface area (Å²) in [7, 11) is -8.43. The van der Waals surface area contributed by atoms with Gasteiger partial charge in [-0.1, -0.05) is 87.6 Å². The Bertz CT molecular complexity index is 1950. The first kappa shape index (κ1) is 41.0. The van der Waals surface area contributed by atoms with Gasteiger partial charge in [0.15, 0.2) is 19.2 Å². The van der Waals surface area contributed by atoms with Gasteiger partial charge < -0.3 is 15.0 Å². The topological polar surface area (TPSA) is 162 Å². The van der Waals surface area contributed by atoms with Crippen molar-refractivity contribution >= 4 is 61.8 Å². The third kappa shape index (κ3) is 10.7. The van der Waals surface area contributed by atoms with E-state index in [1.807, 2.05) is 43.5 Å². The fraction of sp³-hybridized carbons (Fsp3) is 0.432. The fourth-order valence-corrected chi connectivity index (χ4v) is 8.81. The van der Waals surface area contributed by atoms with Gasteiger partial charge in [0.25, 0.3) is 16.0 Å². The van der Waals surface area contributed by atoms with Crippen LogP contribution in [0, 0.1) is 6.92 Å². The first-order chi connectivity index (χ1) is 24.6. The summed E-state index contributed by atoms with van der Waals surface area (Å²) in [6.07, 6.45) is 6.70. The molecule has 1 heterocycles. The van der Waals surface area contributed by atoms with E-state index in [0.29, 0.717) is 35.5 Å². The lowest BCUT2D eigenvalue weighted by Crippen LogP contribution is -2.53. The Morgan fingerprint density at radius 1 is 1.08 bits per heavy atom. The summed E-state index contributed by atoms with van der Waals surface area (Å²) in [5.74, 6) is -1.94. The Morgan fingerprint density at radius 3 is 2.29 bits per heavy atom. The van der Waals surface area contributed by atoms with Gasteiger partial charge in [0.2, 0.25) is 10.0 Å². The predicted octanol–water partition coefficient (Wildman–Crippen LogP) is 5.63. The number of anilines is 2. The van der Waals surface area contributed by atoms with Crippen molar-refractivity contribution in [3.05, 3.63) is 77.9 Å². The Morgan fingerprint density at radius 2 is 1.71 bits per heavy atom. The molecule has 0 aliphatic carbocycles. The molecule has 4 rings (SSSR count). The zero-order valence-electron chi connectivity index (χ0n) is 30.1. The number of nitrogens with zero attached hydrogens (tertiary/aromatic N) is 2. The molecular weight excluding hydrogens is 725 g/mol. The molecular formula is C37H49N4O8S3+. The van der Waals surface area contributed by atoms with Crippen molar-refractivity contribution in [2.75, 3.05) is 36.6 Å². The first-order valence-electron chi connectivity index (χ1n) is 17.3. The molecule has 0 fully saturated rings. The maximum absolute atomic E-state index is 14.3. The van der Waals surface area contributed by atoms with Crippen LogP contribution in [0.5, 0.6) is 5.75 Å². The molecule has 1 atom stereocenters. The number of rotatable bonds is 17. The molecule has 3 aromatic rings. The van der Waals surface area contributed by atoms with Gasteiger partial charge in [0.05, 0.1) is 16.1 Å². The van der Waals surface area contributed by atoms with Crippen LogP contribution in [0.1, 0.15) is 69.5 Å². The number of benzene rings is 3. The first-order valence-corrected chi connectivity index (χ1v) is 21.6. The van der Waals surface area contributed by atoms with Gasteiger partial charge in [-0.3, -0.25) is 9.35 Å². The largest absolute Gasteiger partial charge is 0.483 e. The lowest BCUT2D eigenvalue weighted by atomic mass is 9.87. The molecule has 282 valence electrons. The summed E-state index contributed by atoms with van der Waals surface area (Å²) >= 11 is 1.34. The van der Waals surface area contributed by atoms with Crippen molar-refractivity contribution in [3.63, 3.8) is 0 Å². The number of aryl methyl sites for hydroxylation is 1. The van der Waals surface area contributed by atoms with E-state index in [0.717, 1.165) is 41.5 Å². The van der Waals surface area contributed by atoms with Crippen LogP contribution in [0.3, 0.4) is 0 Å². The van der Waals surface area contributed by atoms with Crippen molar-refractivity contribution in [3.8, 4) is 5.75 Å². The van der Waals surface area contributed by atoms with Gasteiger partial charge in [-0.05, 0) is 49.8 Å². The van der Waals surface area contributed by atoms with Gasteiger partial charge in [0.1, 0.15) is 23.1 Å². The Labute approximate surface area is 311 Å². The van der Waals surface area contributed by atoms with E-state index < -0.39 is 62.4 Å². The summed E-state index contributed by atoms with van der Waals surface area (Å²) in [5.41, 5.74) is 1.97. The maximum atomic E-state index is 14.3. The molecule has 15 heteroatoms. The van der Waals surface area contributed by atoms with E-state index in [1.165, 1.54) is 17.8 Å². The average molecular weight is 774 g/mol. The minimum Gasteiger partial charge on any atom is -0.483 e. The van der Waals surface area contributed by atoms with Crippen LogP contribution in [-0.2, 0) is 29.7 Å². The molecule has 3 N–H and O–H groups in total. The molecule has 0 aromatic heterocycles. The van der Waals surface area contributed by atoms with Crippen LogP contribution in [-0.4, -0.2) is 81.7 Å². The second kappa shape index (κ2) is 17.8. The second-order valence-electron chi connectivity index (χ2n) is 13.1. The normalized spacial score (nSPS) is 15.6. The zero-order chi connectivity index (χ0) is 38.1. The van der Waals surface area contributed by atoms with Crippen molar-refractivity contribution < 1.29 is 40.3 Å². The molecule has 1 aliphatic rings. The van der Waals surface area contributed by atoms with E-state index in [-0.39, 0.29) is 10.6 Å². The quantitative estimate of drug-likeness (QED) is 0.0679. The van der Waals surface area contributed by atoms with Crippen LogP contribution in [0.2, 0.25) is 0 Å². The minimum atomic E-state index is -4.36. The third-order valence-corrected chi connectivity index (χ3v) is 12.0. The van der Waals surface area contributed by atoms with Crippen molar-refractivity contribution in [1.82, 2.24) is 10.0 Å². The summed E-state index contributed by atoms with van der Waals surface area (Å²) in [4.78, 5) is 29.5. The summed E-state index contributed by atoms with van der Waals surface area (Å²) in [5, 5.41) is 2.65. The van der Waals surface area contributed by atoms with E-state index in [1.54, 1.807) is 30.3 Å². The van der Waals surface area contributed by atoms with Gasteiger partial charge in [0, 0.05) is 18.3 Å². The number of ether oxygens (including phenoxy) is 1. The maximum Gasteiger partial charge on any atom is 0.413 e. The number of nitrogens with one attached hydrogen (secondary N) is 2. The van der Waals surface area contributed by atoms with Crippen LogP contribution in [0.4, 0.5) is 11.4 Å². The standard InChI is InChI=1S/C37H48N4O8S3/c1-6-8-19-37(20-9-7-2)26-41(29-13-11-10-12-14-29)30-23-32(50-5)31(24-33(30)52(47,48)39-37)49-25-34(42)38-35(28-17-15-27(3)16-18-28)36(43)40(4)21-22-51(44,45)46/h10-18,23-24,35,39H,4,6-9,19-22,25-26H2,1-3,5H3,(H-,38,42,44,45,46)/p+1. The fourth-order valence-electron chi connectivity index (χ4n) is 6.15. The SMILES string of the molecule is C=[N+](CCS(=O)(=O)O)C(=O)C(NC(=O)COc1cc2c(cc1SC)N(c1ccccc1)CC(CCCC)(CCCC)NS2(=O)=O)c1ccc(C)cc1. The Hall–Kier alpha value is -3.76. The molecule has 0 radical (unpaired) electrons. The average Bonchev–Trinajstić information content (AvgIpc) is 3.21. The molecule has 0 saturated heterocycles. The lowest BCUT2D eigenvalue weighted by molar-refractivity contribution is -0.438. The van der Waals surface area contributed by atoms with Gasteiger partial charge in [-0.2, -0.15) is 13.0 Å². The number of carbonyl (C=O) groups is 2. The van der Waals surface area contributed by atoms with Crippen molar-refractivity contribution in [1.29, 1.82) is 0 Å². The summed E-state index contributed by atoms with van der Waals surface area (Å²) in [6, 6.07) is 18.5. The van der Waals surface area contributed by atoms with Crippen LogP contribution in [0.15, 0.2) is 76.5 Å². The van der Waals surface area contributed by atoms with Gasteiger partial charge >= 0.3 is 5.91 Å². The molecule has 1 aliphatic heterocycles. The Balaban J connectivity index is 1.68. The number of carbonyl (C=O) groups excluding carboxylic acids is 2. The highest BCUT2D eigenvalue weighted by molar-refractivity contribution is 7.98. The van der Waals surface area contributed by atoms with Crippen LogP contribution >= 0.6 is 11.8 Å². The molecule has 1 unspecified atom stereocenters. The molecule has 12 nitrogen and oxygen atoms in total. The van der Waals surface area contributed by atoms with E-state index in [4.69, 9.17) is 9.29 Å². The third-order valence-electron chi connectivity index (χ3n) is 8.98. The van der Waals surface area contributed by atoms with E-state index in [2.05, 4.69) is 35.5 Å². The lowest BCUT2D eigenvalue weighted by Gasteiger charge is -2.37. The number of hydrogen-bond acceptors (Lipinski definition) is 9. The van der Waals surface area contributed by atoms with Crippen molar-refractivity contribution in [2.45, 2.75) is 80.7 Å². The second-order valence-corrected chi connectivity index (χ2v) is 17.1. The smallest absolute Gasteiger partial charge is 0.413 e. The Kier molecular flexibility index (Phi) is 14.1.